The van der Waals surface area contributed by atoms with Gasteiger partial charge in [-0.2, -0.15) is 0 Å². The molecule has 1 aliphatic rings. The standard InChI is InChI=1S/C23H25BrCl2N2O3/c1-15(23(30)27-19-7-2-3-8-19)28(13-16-5-4-6-18(25)11-16)22(29)14-31-21-10-9-17(24)12-20(21)26/h4-6,9-12,15,19H,2-3,7-8,13-14H2,1H3,(H,27,30)/t15-/m1/s1. The molecule has 0 radical (unpaired) electrons. The minimum Gasteiger partial charge on any atom is -0.482 e. The first-order valence-corrected chi connectivity index (χ1v) is 11.8. The molecule has 0 bridgehead atoms. The van der Waals surface area contributed by atoms with E-state index in [1.165, 1.54) is 4.90 Å². The van der Waals surface area contributed by atoms with Crippen molar-refractivity contribution in [2.45, 2.75) is 51.2 Å². The van der Waals surface area contributed by atoms with E-state index in [4.69, 9.17) is 27.9 Å². The molecular weight excluding hydrogens is 503 g/mol. The number of ether oxygens (including phenoxy) is 1. The van der Waals surface area contributed by atoms with Crippen LogP contribution in [0, 0.1) is 0 Å². The zero-order valence-electron chi connectivity index (χ0n) is 17.2. The van der Waals surface area contributed by atoms with E-state index in [1.807, 2.05) is 12.1 Å². The van der Waals surface area contributed by atoms with Gasteiger partial charge in [0, 0.05) is 22.1 Å². The Kier molecular flexibility index (Phi) is 8.64. The second kappa shape index (κ2) is 11.2. The van der Waals surface area contributed by atoms with Gasteiger partial charge in [0.2, 0.25) is 5.91 Å². The molecule has 1 aliphatic carbocycles. The van der Waals surface area contributed by atoms with Gasteiger partial charge in [-0.1, -0.05) is 64.1 Å². The van der Waals surface area contributed by atoms with Gasteiger partial charge in [-0.05, 0) is 55.7 Å². The molecule has 31 heavy (non-hydrogen) atoms. The van der Waals surface area contributed by atoms with E-state index in [1.54, 1.807) is 37.3 Å². The first-order chi connectivity index (χ1) is 14.8. The van der Waals surface area contributed by atoms with Crippen LogP contribution in [0.5, 0.6) is 5.75 Å². The van der Waals surface area contributed by atoms with Crippen molar-refractivity contribution >= 4 is 50.9 Å². The summed E-state index contributed by atoms with van der Waals surface area (Å²) in [6.07, 6.45) is 4.19. The number of rotatable bonds is 8. The molecule has 2 amide bonds. The summed E-state index contributed by atoms with van der Waals surface area (Å²) >= 11 is 15.6. The van der Waals surface area contributed by atoms with Crippen LogP contribution in [0.2, 0.25) is 10.0 Å². The van der Waals surface area contributed by atoms with Crippen molar-refractivity contribution in [3.8, 4) is 5.75 Å². The van der Waals surface area contributed by atoms with Gasteiger partial charge in [-0.25, -0.2) is 0 Å². The molecule has 0 aliphatic heterocycles. The molecule has 1 saturated carbocycles. The van der Waals surface area contributed by atoms with Crippen LogP contribution >= 0.6 is 39.1 Å². The Morgan fingerprint density at radius 1 is 1.19 bits per heavy atom. The van der Waals surface area contributed by atoms with Crippen molar-refractivity contribution in [1.29, 1.82) is 0 Å². The molecule has 3 rings (SSSR count). The van der Waals surface area contributed by atoms with E-state index >= 15 is 0 Å². The SMILES string of the molecule is C[C@H](C(=O)NC1CCCC1)N(Cc1cccc(Cl)c1)C(=O)COc1ccc(Br)cc1Cl. The van der Waals surface area contributed by atoms with Crippen LogP contribution in [0.4, 0.5) is 0 Å². The normalized spacial score (nSPS) is 14.8. The Labute approximate surface area is 201 Å². The molecule has 166 valence electrons. The third kappa shape index (κ3) is 6.86. The van der Waals surface area contributed by atoms with E-state index in [0.717, 1.165) is 35.7 Å². The van der Waals surface area contributed by atoms with Crippen LogP contribution in [0.25, 0.3) is 0 Å². The maximum atomic E-state index is 13.1. The van der Waals surface area contributed by atoms with E-state index < -0.39 is 6.04 Å². The Morgan fingerprint density at radius 3 is 2.61 bits per heavy atom. The van der Waals surface area contributed by atoms with Gasteiger partial charge in [0.25, 0.3) is 5.91 Å². The second-order valence-electron chi connectivity index (χ2n) is 7.68. The predicted molar refractivity (Wildman–Crippen MR) is 127 cm³/mol. The third-order valence-electron chi connectivity index (χ3n) is 5.36. The summed E-state index contributed by atoms with van der Waals surface area (Å²) in [5.41, 5.74) is 0.836. The zero-order valence-corrected chi connectivity index (χ0v) is 20.3. The first-order valence-electron chi connectivity index (χ1n) is 10.3. The third-order valence-corrected chi connectivity index (χ3v) is 6.38. The summed E-state index contributed by atoms with van der Waals surface area (Å²) in [6, 6.07) is 11.9. The van der Waals surface area contributed by atoms with Crippen molar-refractivity contribution in [3.63, 3.8) is 0 Å². The Bertz CT molecular complexity index is 935. The summed E-state index contributed by atoms with van der Waals surface area (Å²) in [7, 11) is 0. The fourth-order valence-electron chi connectivity index (χ4n) is 3.62. The quantitative estimate of drug-likeness (QED) is 0.485. The molecular formula is C23H25BrCl2N2O3. The average Bonchev–Trinajstić information content (AvgIpc) is 3.23. The van der Waals surface area contributed by atoms with E-state index in [-0.39, 0.29) is 31.0 Å². The molecule has 1 fully saturated rings. The van der Waals surface area contributed by atoms with Crippen molar-refractivity contribution in [3.05, 3.63) is 62.5 Å². The van der Waals surface area contributed by atoms with E-state index in [2.05, 4.69) is 21.2 Å². The lowest BCUT2D eigenvalue weighted by molar-refractivity contribution is -0.142. The molecule has 2 aromatic rings. The average molecular weight is 528 g/mol. The summed E-state index contributed by atoms with van der Waals surface area (Å²) in [5, 5.41) is 4.05. The number of hydrogen-bond acceptors (Lipinski definition) is 3. The fourth-order valence-corrected chi connectivity index (χ4v) is 4.56. The summed E-state index contributed by atoms with van der Waals surface area (Å²) < 4.78 is 6.47. The molecule has 1 atom stereocenters. The van der Waals surface area contributed by atoms with Crippen LogP contribution in [-0.4, -0.2) is 35.4 Å². The van der Waals surface area contributed by atoms with E-state index in [0.29, 0.717) is 15.8 Å². The highest BCUT2D eigenvalue weighted by Crippen LogP contribution is 2.28. The van der Waals surface area contributed by atoms with Crippen LogP contribution < -0.4 is 10.1 Å². The molecule has 5 nitrogen and oxygen atoms in total. The van der Waals surface area contributed by atoms with Gasteiger partial charge in [0.15, 0.2) is 6.61 Å². The highest BCUT2D eigenvalue weighted by Gasteiger charge is 2.29. The van der Waals surface area contributed by atoms with Gasteiger partial charge in [-0.15, -0.1) is 0 Å². The highest BCUT2D eigenvalue weighted by atomic mass is 79.9. The lowest BCUT2D eigenvalue weighted by Gasteiger charge is -2.29. The number of halogens is 3. The largest absolute Gasteiger partial charge is 0.482 e. The fraction of sp³-hybridized carbons (Fsp3) is 0.391. The first kappa shape index (κ1) is 23.9. The molecule has 0 aromatic heterocycles. The molecule has 0 unspecified atom stereocenters. The van der Waals surface area contributed by atoms with Gasteiger partial charge < -0.3 is 15.0 Å². The molecule has 0 heterocycles. The minimum absolute atomic E-state index is 0.163. The Balaban J connectivity index is 1.73. The number of carbonyl (C=O) groups excluding carboxylic acids is 2. The summed E-state index contributed by atoms with van der Waals surface area (Å²) in [6.45, 7) is 1.75. The van der Waals surface area contributed by atoms with Crippen molar-refractivity contribution in [2.75, 3.05) is 6.61 Å². The number of nitrogens with one attached hydrogen (secondary N) is 1. The van der Waals surface area contributed by atoms with Crippen molar-refractivity contribution in [1.82, 2.24) is 10.2 Å². The number of carbonyl (C=O) groups is 2. The van der Waals surface area contributed by atoms with E-state index in [9.17, 15) is 9.59 Å². The van der Waals surface area contributed by atoms with Gasteiger partial charge >= 0.3 is 0 Å². The molecule has 0 spiro atoms. The maximum Gasteiger partial charge on any atom is 0.261 e. The van der Waals surface area contributed by atoms with Crippen LogP contribution in [-0.2, 0) is 16.1 Å². The smallest absolute Gasteiger partial charge is 0.261 e. The zero-order chi connectivity index (χ0) is 22.4. The minimum atomic E-state index is -0.656. The lowest BCUT2D eigenvalue weighted by Crippen LogP contribution is -2.50. The molecule has 8 heteroatoms. The van der Waals surface area contributed by atoms with Crippen LogP contribution in [0.3, 0.4) is 0 Å². The predicted octanol–water partition coefficient (Wildman–Crippen LogP) is 5.61. The highest BCUT2D eigenvalue weighted by molar-refractivity contribution is 9.10. The topological polar surface area (TPSA) is 58.6 Å². The molecule has 2 aromatic carbocycles. The summed E-state index contributed by atoms with van der Waals surface area (Å²) in [5.74, 6) is -0.0685. The molecule has 1 N–H and O–H groups in total. The van der Waals surface area contributed by atoms with Crippen molar-refractivity contribution < 1.29 is 14.3 Å². The number of nitrogens with zero attached hydrogens (tertiary/aromatic N) is 1. The molecule has 0 saturated heterocycles. The maximum absolute atomic E-state index is 13.1. The van der Waals surface area contributed by atoms with Gasteiger partial charge in [0.1, 0.15) is 11.8 Å². The van der Waals surface area contributed by atoms with Gasteiger partial charge in [0.05, 0.1) is 5.02 Å². The van der Waals surface area contributed by atoms with Crippen LogP contribution in [0.15, 0.2) is 46.9 Å². The second-order valence-corrected chi connectivity index (χ2v) is 9.44. The lowest BCUT2D eigenvalue weighted by atomic mass is 10.1. The Hall–Kier alpha value is -1.76. The monoisotopic (exact) mass is 526 g/mol. The number of amides is 2. The van der Waals surface area contributed by atoms with Crippen LogP contribution in [0.1, 0.15) is 38.2 Å². The van der Waals surface area contributed by atoms with Crippen molar-refractivity contribution in [2.24, 2.45) is 0 Å². The Morgan fingerprint density at radius 2 is 1.94 bits per heavy atom. The summed E-state index contributed by atoms with van der Waals surface area (Å²) in [4.78, 5) is 27.5. The number of benzene rings is 2. The number of hydrogen-bond donors (Lipinski definition) is 1. The van der Waals surface area contributed by atoms with Gasteiger partial charge in [-0.3, -0.25) is 9.59 Å².